The SMILES string of the molecule is COC(C)CC(O)c1ccncc1F. The summed E-state index contributed by atoms with van der Waals surface area (Å²) >= 11 is 0. The largest absolute Gasteiger partial charge is 0.388 e. The number of halogens is 1. The molecule has 78 valence electrons. The third-order valence-corrected chi connectivity index (χ3v) is 2.12. The van der Waals surface area contributed by atoms with Gasteiger partial charge in [-0.2, -0.15) is 0 Å². The number of hydrogen-bond donors (Lipinski definition) is 1. The van der Waals surface area contributed by atoms with E-state index in [0.717, 1.165) is 6.20 Å². The van der Waals surface area contributed by atoms with Gasteiger partial charge in [-0.1, -0.05) is 0 Å². The van der Waals surface area contributed by atoms with E-state index >= 15 is 0 Å². The quantitative estimate of drug-likeness (QED) is 0.802. The van der Waals surface area contributed by atoms with Gasteiger partial charge in [0.25, 0.3) is 0 Å². The molecule has 0 fully saturated rings. The lowest BCUT2D eigenvalue weighted by atomic mass is 10.1. The van der Waals surface area contributed by atoms with Crippen LogP contribution in [0.3, 0.4) is 0 Å². The number of pyridine rings is 1. The van der Waals surface area contributed by atoms with Crippen molar-refractivity contribution in [3.63, 3.8) is 0 Å². The molecule has 14 heavy (non-hydrogen) atoms. The number of aliphatic hydroxyl groups is 1. The normalized spacial score (nSPS) is 15.1. The van der Waals surface area contributed by atoms with Crippen LogP contribution in [0, 0.1) is 5.82 Å². The standard InChI is InChI=1S/C10H14FNO2/c1-7(14-2)5-10(13)8-3-4-12-6-9(8)11/h3-4,6-7,10,13H,5H2,1-2H3. The minimum Gasteiger partial charge on any atom is -0.388 e. The molecule has 0 saturated heterocycles. The van der Waals surface area contributed by atoms with Crippen molar-refractivity contribution in [1.29, 1.82) is 0 Å². The lowest BCUT2D eigenvalue weighted by Gasteiger charge is -2.15. The highest BCUT2D eigenvalue weighted by Gasteiger charge is 2.15. The van der Waals surface area contributed by atoms with Crippen LogP contribution >= 0.6 is 0 Å². The van der Waals surface area contributed by atoms with Crippen LogP contribution in [0.1, 0.15) is 25.0 Å². The van der Waals surface area contributed by atoms with Crippen molar-refractivity contribution >= 4 is 0 Å². The maximum Gasteiger partial charge on any atom is 0.147 e. The Morgan fingerprint density at radius 3 is 2.93 bits per heavy atom. The van der Waals surface area contributed by atoms with Gasteiger partial charge in [-0.15, -0.1) is 0 Å². The molecule has 2 atom stereocenters. The van der Waals surface area contributed by atoms with Gasteiger partial charge in [0.1, 0.15) is 5.82 Å². The maximum atomic E-state index is 13.1. The van der Waals surface area contributed by atoms with E-state index in [1.54, 1.807) is 7.11 Å². The molecule has 0 aliphatic carbocycles. The van der Waals surface area contributed by atoms with Crippen LogP contribution in [0.4, 0.5) is 4.39 Å². The van der Waals surface area contributed by atoms with Gasteiger partial charge in [0, 0.05) is 25.3 Å². The van der Waals surface area contributed by atoms with Crippen LogP contribution in [0.15, 0.2) is 18.5 Å². The highest BCUT2D eigenvalue weighted by molar-refractivity contribution is 5.15. The fourth-order valence-electron chi connectivity index (χ4n) is 1.19. The minimum atomic E-state index is -0.840. The van der Waals surface area contributed by atoms with E-state index in [9.17, 15) is 9.50 Å². The first kappa shape index (κ1) is 11.1. The summed E-state index contributed by atoms with van der Waals surface area (Å²) in [7, 11) is 1.56. The smallest absolute Gasteiger partial charge is 0.147 e. The molecule has 0 radical (unpaired) electrons. The molecule has 0 amide bonds. The van der Waals surface area contributed by atoms with Crippen molar-refractivity contribution in [1.82, 2.24) is 4.98 Å². The summed E-state index contributed by atoms with van der Waals surface area (Å²) in [6.07, 6.45) is 1.98. The van der Waals surface area contributed by atoms with Crippen molar-refractivity contribution < 1.29 is 14.2 Å². The van der Waals surface area contributed by atoms with Gasteiger partial charge in [0.2, 0.25) is 0 Å². The first-order valence-electron chi connectivity index (χ1n) is 4.45. The Hall–Kier alpha value is -1.00. The predicted octanol–water partition coefficient (Wildman–Crippen LogP) is 1.68. The Kier molecular flexibility index (Phi) is 3.98. The highest BCUT2D eigenvalue weighted by atomic mass is 19.1. The van der Waals surface area contributed by atoms with Gasteiger partial charge in [-0.05, 0) is 13.0 Å². The molecule has 0 aromatic carbocycles. The number of ether oxygens (including phenoxy) is 1. The van der Waals surface area contributed by atoms with Gasteiger partial charge in [0.05, 0.1) is 18.4 Å². The summed E-state index contributed by atoms with van der Waals surface area (Å²) in [5, 5.41) is 9.66. The Balaban J connectivity index is 2.69. The Bertz CT molecular complexity index is 293. The maximum absolute atomic E-state index is 13.1. The molecule has 0 aliphatic heterocycles. The average Bonchev–Trinajstić information content (AvgIpc) is 2.18. The molecular formula is C10H14FNO2. The molecule has 0 spiro atoms. The molecule has 1 aromatic rings. The highest BCUT2D eigenvalue weighted by Crippen LogP contribution is 2.20. The molecule has 0 saturated carbocycles. The van der Waals surface area contributed by atoms with E-state index < -0.39 is 11.9 Å². The van der Waals surface area contributed by atoms with Crippen molar-refractivity contribution in [2.75, 3.05) is 7.11 Å². The molecule has 2 unspecified atom stereocenters. The van der Waals surface area contributed by atoms with Gasteiger partial charge in [-0.3, -0.25) is 4.98 Å². The zero-order valence-corrected chi connectivity index (χ0v) is 8.27. The van der Waals surface area contributed by atoms with Gasteiger partial charge < -0.3 is 9.84 Å². The molecule has 1 heterocycles. The first-order valence-corrected chi connectivity index (χ1v) is 4.45. The lowest BCUT2D eigenvalue weighted by Crippen LogP contribution is -2.12. The molecule has 4 heteroatoms. The number of hydrogen-bond acceptors (Lipinski definition) is 3. The lowest BCUT2D eigenvalue weighted by molar-refractivity contribution is 0.0545. The fraction of sp³-hybridized carbons (Fsp3) is 0.500. The Morgan fingerprint density at radius 1 is 1.64 bits per heavy atom. The summed E-state index contributed by atoms with van der Waals surface area (Å²) in [6.45, 7) is 1.82. The van der Waals surface area contributed by atoms with Crippen LogP contribution in [-0.2, 0) is 4.74 Å². The number of aromatic nitrogens is 1. The summed E-state index contributed by atoms with van der Waals surface area (Å²) in [5.74, 6) is -0.483. The summed E-state index contributed by atoms with van der Waals surface area (Å²) in [4.78, 5) is 3.61. The van der Waals surface area contributed by atoms with E-state index in [1.807, 2.05) is 6.92 Å². The molecule has 3 nitrogen and oxygen atoms in total. The van der Waals surface area contributed by atoms with Crippen LogP contribution in [-0.4, -0.2) is 23.3 Å². The van der Waals surface area contributed by atoms with E-state index in [1.165, 1.54) is 12.3 Å². The molecule has 1 N–H and O–H groups in total. The third kappa shape index (κ3) is 2.75. The zero-order chi connectivity index (χ0) is 10.6. The van der Waals surface area contributed by atoms with Gasteiger partial charge in [0.15, 0.2) is 0 Å². The summed E-state index contributed by atoms with van der Waals surface area (Å²) < 4.78 is 18.1. The van der Waals surface area contributed by atoms with E-state index in [0.29, 0.717) is 6.42 Å². The molecule has 0 bridgehead atoms. The van der Waals surface area contributed by atoms with Gasteiger partial charge >= 0.3 is 0 Å². The van der Waals surface area contributed by atoms with Crippen LogP contribution in [0.5, 0.6) is 0 Å². The zero-order valence-electron chi connectivity index (χ0n) is 8.27. The first-order chi connectivity index (χ1) is 6.65. The Morgan fingerprint density at radius 2 is 2.36 bits per heavy atom. The van der Waals surface area contributed by atoms with Crippen LogP contribution in [0.2, 0.25) is 0 Å². The molecule has 1 aromatic heterocycles. The second-order valence-electron chi connectivity index (χ2n) is 3.20. The van der Waals surface area contributed by atoms with E-state index in [4.69, 9.17) is 4.74 Å². The minimum absolute atomic E-state index is 0.0995. The predicted molar refractivity (Wildman–Crippen MR) is 50.2 cm³/mol. The second kappa shape index (κ2) is 5.02. The second-order valence-corrected chi connectivity index (χ2v) is 3.20. The third-order valence-electron chi connectivity index (χ3n) is 2.12. The fourth-order valence-corrected chi connectivity index (χ4v) is 1.19. The van der Waals surface area contributed by atoms with Crippen LogP contribution < -0.4 is 0 Å². The van der Waals surface area contributed by atoms with Crippen molar-refractivity contribution in [2.45, 2.75) is 25.6 Å². The van der Waals surface area contributed by atoms with E-state index in [-0.39, 0.29) is 11.7 Å². The monoisotopic (exact) mass is 199 g/mol. The summed E-state index contributed by atoms with van der Waals surface area (Å²) in [6, 6.07) is 1.47. The Labute approximate surface area is 82.5 Å². The average molecular weight is 199 g/mol. The van der Waals surface area contributed by atoms with Crippen LogP contribution in [0.25, 0.3) is 0 Å². The summed E-state index contributed by atoms with van der Waals surface area (Å²) in [5.41, 5.74) is 0.268. The number of methoxy groups -OCH3 is 1. The van der Waals surface area contributed by atoms with Gasteiger partial charge in [-0.25, -0.2) is 4.39 Å². The number of aliphatic hydroxyl groups excluding tert-OH is 1. The molecule has 1 rings (SSSR count). The topological polar surface area (TPSA) is 42.4 Å². The van der Waals surface area contributed by atoms with E-state index in [2.05, 4.69) is 4.98 Å². The molecule has 0 aliphatic rings. The van der Waals surface area contributed by atoms with Crippen molar-refractivity contribution in [2.24, 2.45) is 0 Å². The number of nitrogens with zero attached hydrogens (tertiary/aromatic N) is 1. The number of rotatable bonds is 4. The van der Waals surface area contributed by atoms with Crippen molar-refractivity contribution in [3.8, 4) is 0 Å². The van der Waals surface area contributed by atoms with Crippen molar-refractivity contribution in [3.05, 3.63) is 29.8 Å². The molecular weight excluding hydrogens is 185 g/mol.